The fourth-order valence-corrected chi connectivity index (χ4v) is 2.15. The lowest BCUT2D eigenvalue weighted by molar-refractivity contribution is 0.482. The first-order valence-electron chi connectivity index (χ1n) is 7.40. The maximum Gasteiger partial charge on any atom is 0.127 e. The Morgan fingerprint density at radius 3 is 2.00 bits per heavy atom. The summed E-state index contributed by atoms with van der Waals surface area (Å²) in [5.41, 5.74) is 7.78. The Morgan fingerprint density at radius 2 is 1.40 bits per heavy atom. The van der Waals surface area contributed by atoms with Crippen molar-refractivity contribution in [1.29, 1.82) is 0 Å². The highest BCUT2D eigenvalue weighted by Crippen LogP contribution is 2.23. The van der Waals surface area contributed by atoms with Crippen molar-refractivity contribution in [2.45, 2.75) is 39.0 Å². The zero-order valence-electron chi connectivity index (χ0n) is 12.1. The Morgan fingerprint density at radius 1 is 0.800 bits per heavy atom. The second-order valence-corrected chi connectivity index (χ2v) is 5.13. The van der Waals surface area contributed by atoms with Gasteiger partial charge in [0.15, 0.2) is 0 Å². The van der Waals surface area contributed by atoms with Gasteiger partial charge in [-0.25, -0.2) is 0 Å². The summed E-state index contributed by atoms with van der Waals surface area (Å²) >= 11 is 0. The molecule has 20 heavy (non-hydrogen) atoms. The summed E-state index contributed by atoms with van der Waals surface area (Å²) in [6, 6.07) is 15.8. The maximum atomic E-state index is 5.78. The molecular weight excluding hydrogens is 246 g/mol. The zero-order valence-corrected chi connectivity index (χ0v) is 12.1. The summed E-state index contributed by atoms with van der Waals surface area (Å²) in [6.07, 6.45) is 6.36. The number of benzene rings is 2. The van der Waals surface area contributed by atoms with Gasteiger partial charge in [0.1, 0.15) is 11.5 Å². The van der Waals surface area contributed by atoms with Crippen molar-refractivity contribution >= 4 is 5.69 Å². The third-order valence-corrected chi connectivity index (χ3v) is 3.36. The van der Waals surface area contributed by atoms with Crippen LogP contribution in [0.1, 0.15) is 38.2 Å². The topological polar surface area (TPSA) is 35.2 Å². The van der Waals surface area contributed by atoms with Crippen LogP contribution in [-0.4, -0.2) is 0 Å². The molecule has 0 atom stereocenters. The van der Waals surface area contributed by atoms with Crippen molar-refractivity contribution in [3.63, 3.8) is 0 Å². The molecular formula is C18H23NO. The van der Waals surface area contributed by atoms with Gasteiger partial charge in [0.2, 0.25) is 0 Å². The van der Waals surface area contributed by atoms with Gasteiger partial charge in [-0.2, -0.15) is 0 Å². The Kier molecular flexibility index (Phi) is 5.48. The van der Waals surface area contributed by atoms with Gasteiger partial charge in [0.05, 0.1) is 0 Å². The van der Waals surface area contributed by atoms with E-state index >= 15 is 0 Å². The van der Waals surface area contributed by atoms with Crippen molar-refractivity contribution in [1.82, 2.24) is 0 Å². The van der Waals surface area contributed by atoms with Gasteiger partial charge in [-0.05, 0) is 54.8 Å². The second-order valence-electron chi connectivity index (χ2n) is 5.13. The number of hydrogen-bond acceptors (Lipinski definition) is 2. The number of hydrogen-bond donors (Lipinski definition) is 1. The molecule has 0 amide bonds. The summed E-state index contributed by atoms with van der Waals surface area (Å²) in [7, 11) is 0. The molecule has 0 radical (unpaired) electrons. The number of unbranched alkanes of at least 4 members (excludes halogenated alkanes) is 3. The first-order chi connectivity index (χ1) is 9.78. The predicted molar refractivity (Wildman–Crippen MR) is 85.2 cm³/mol. The molecule has 2 rings (SSSR count). The van der Waals surface area contributed by atoms with E-state index < -0.39 is 0 Å². The van der Waals surface area contributed by atoms with Gasteiger partial charge in [-0.15, -0.1) is 0 Å². The highest BCUT2D eigenvalue weighted by Gasteiger charge is 1.98. The fourth-order valence-electron chi connectivity index (χ4n) is 2.15. The Labute approximate surface area is 121 Å². The normalized spacial score (nSPS) is 10.4. The van der Waals surface area contributed by atoms with E-state index in [0.717, 1.165) is 23.6 Å². The Balaban J connectivity index is 1.86. The molecule has 106 valence electrons. The molecule has 0 aliphatic rings. The molecule has 0 aliphatic carbocycles. The van der Waals surface area contributed by atoms with E-state index in [1.54, 1.807) is 0 Å². The van der Waals surface area contributed by atoms with Gasteiger partial charge in [-0.1, -0.05) is 38.3 Å². The van der Waals surface area contributed by atoms with Gasteiger partial charge < -0.3 is 10.5 Å². The number of nitrogens with two attached hydrogens (primary N) is 1. The molecule has 0 aromatic heterocycles. The van der Waals surface area contributed by atoms with Crippen LogP contribution in [0.2, 0.25) is 0 Å². The fraction of sp³-hybridized carbons (Fsp3) is 0.333. The molecule has 0 saturated carbocycles. The number of nitrogen functional groups attached to an aromatic ring is 1. The number of rotatable bonds is 7. The lowest BCUT2D eigenvalue weighted by Gasteiger charge is -2.07. The number of aryl methyl sites for hydroxylation is 1. The lowest BCUT2D eigenvalue weighted by atomic mass is 10.1. The van der Waals surface area contributed by atoms with Crippen molar-refractivity contribution in [2.24, 2.45) is 0 Å². The van der Waals surface area contributed by atoms with E-state index in [1.807, 2.05) is 36.4 Å². The summed E-state index contributed by atoms with van der Waals surface area (Å²) < 4.78 is 5.78. The zero-order chi connectivity index (χ0) is 14.2. The Bertz CT molecular complexity index is 502. The minimum Gasteiger partial charge on any atom is -0.457 e. The van der Waals surface area contributed by atoms with Crippen LogP contribution in [0.5, 0.6) is 11.5 Å². The van der Waals surface area contributed by atoms with Crippen molar-refractivity contribution < 1.29 is 4.74 Å². The van der Waals surface area contributed by atoms with E-state index in [9.17, 15) is 0 Å². The third-order valence-electron chi connectivity index (χ3n) is 3.36. The standard InChI is InChI=1S/C18H23NO/c1-2-3-4-5-6-15-7-11-17(12-8-15)20-18-13-9-16(19)10-14-18/h7-14H,2-6,19H2,1H3. The van der Waals surface area contributed by atoms with Gasteiger partial charge >= 0.3 is 0 Å². The molecule has 0 bridgehead atoms. The van der Waals surface area contributed by atoms with Crippen LogP contribution in [0, 0.1) is 0 Å². The van der Waals surface area contributed by atoms with Crippen molar-refractivity contribution in [2.75, 3.05) is 5.73 Å². The van der Waals surface area contributed by atoms with Gasteiger partial charge in [-0.3, -0.25) is 0 Å². The molecule has 2 N–H and O–H groups in total. The molecule has 0 fully saturated rings. The number of anilines is 1. The van der Waals surface area contributed by atoms with Crippen LogP contribution in [-0.2, 0) is 6.42 Å². The third kappa shape index (κ3) is 4.61. The first kappa shape index (κ1) is 14.4. The first-order valence-corrected chi connectivity index (χ1v) is 7.40. The van der Waals surface area contributed by atoms with Crippen molar-refractivity contribution in [3.05, 3.63) is 54.1 Å². The van der Waals surface area contributed by atoms with Crippen LogP contribution in [0.3, 0.4) is 0 Å². The largest absolute Gasteiger partial charge is 0.457 e. The lowest BCUT2D eigenvalue weighted by Crippen LogP contribution is -1.88. The molecule has 2 aromatic carbocycles. The highest BCUT2D eigenvalue weighted by molar-refractivity contribution is 5.43. The molecule has 2 heteroatoms. The second kappa shape index (κ2) is 7.59. The van der Waals surface area contributed by atoms with Crippen molar-refractivity contribution in [3.8, 4) is 11.5 Å². The molecule has 0 saturated heterocycles. The smallest absolute Gasteiger partial charge is 0.127 e. The summed E-state index contributed by atoms with van der Waals surface area (Å²) in [4.78, 5) is 0. The minimum atomic E-state index is 0.750. The summed E-state index contributed by atoms with van der Waals surface area (Å²) in [5, 5.41) is 0. The molecule has 2 aromatic rings. The quantitative estimate of drug-likeness (QED) is 0.555. The average Bonchev–Trinajstić information content (AvgIpc) is 2.48. The van der Waals surface area contributed by atoms with Crippen LogP contribution in [0.25, 0.3) is 0 Å². The van der Waals surface area contributed by atoms with E-state index in [-0.39, 0.29) is 0 Å². The van der Waals surface area contributed by atoms with E-state index in [4.69, 9.17) is 10.5 Å². The summed E-state index contributed by atoms with van der Waals surface area (Å²) in [5.74, 6) is 1.68. The highest BCUT2D eigenvalue weighted by atomic mass is 16.5. The number of ether oxygens (including phenoxy) is 1. The molecule has 0 unspecified atom stereocenters. The van der Waals surface area contributed by atoms with Crippen LogP contribution < -0.4 is 10.5 Å². The molecule has 0 heterocycles. The molecule has 0 aliphatic heterocycles. The van der Waals surface area contributed by atoms with Crippen LogP contribution >= 0.6 is 0 Å². The van der Waals surface area contributed by atoms with Crippen LogP contribution in [0.15, 0.2) is 48.5 Å². The predicted octanol–water partition coefficient (Wildman–Crippen LogP) is 5.18. The van der Waals surface area contributed by atoms with E-state index in [0.29, 0.717) is 0 Å². The average molecular weight is 269 g/mol. The van der Waals surface area contributed by atoms with Gasteiger partial charge in [0, 0.05) is 5.69 Å². The SMILES string of the molecule is CCCCCCc1ccc(Oc2ccc(N)cc2)cc1. The van der Waals surface area contributed by atoms with E-state index in [1.165, 1.54) is 31.2 Å². The molecule has 2 nitrogen and oxygen atoms in total. The Hall–Kier alpha value is -1.96. The minimum absolute atomic E-state index is 0.750. The van der Waals surface area contributed by atoms with Crippen LogP contribution in [0.4, 0.5) is 5.69 Å². The summed E-state index contributed by atoms with van der Waals surface area (Å²) in [6.45, 7) is 2.24. The monoisotopic (exact) mass is 269 g/mol. The molecule has 0 spiro atoms. The van der Waals surface area contributed by atoms with Gasteiger partial charge in [0.25, 0.3) is 0 Å². The van der Waals surface area contributed by atoms with E-state index in [2.05, 4.69) is 19.1 Å². The maximum absolute atomic E-state index is 5.78.